The molecule has 3 N–H and O–H groups in total. The van der Waals surface area contributed by atoms with Crippen LogP contribution in [0.1, 0.15) is 20.3 Å². The fourth-order valence-electron chi connectivity index (χ4n) is 2.02. The maximum atomic E-state index is 11.2. The minimum absolute atomic E-state index is 0.0108. The van der Waals surface area contributed by atoms with Crippen LogP contribution < -0.4 is 11.1 Å². The topological polar surface area (TPSA) is 98.5 Å². The minimum Gasteiger partial charge on any atom is -0.359 e. The summed E-state index contributed by atoms with van der Waals surface area (Å²) in [5.41, 5.74) is 5.70. The zero-order valence-corrected chi connectivity index (χ0v) is 11.7. The molecular formula is C11H17N5O2S. The Morgan fingerprint density at radius 2 is 2.37 bits per heavy atom. The van der Waals surface area contributed by atoms with Gasteiger partial charge in [0.15, 0.2) is 0 Å². The smallest absolute Gasteiger partial charge is 0.359 e. The molecule has 2 rings (SSSR count). The summed E-state index contributed by atoms with van der Waals surface area (Å²) in [7, 11) is 0. The second-order valence-corrected chi connectivity index (χ2v) is 5.68. The van der Waals surface area contributed by atoms with Crippen molar-refractivity contribution in [1.29, 1.82) is 0 Å². The number of rotatable bonds is 6. The molecule has 0 amide bonds. The number of imidazole rings is 1. The van der Waals surface area contributed by atoms with Crippen LogP contribution in [-0.2, 0) is 0 Å². The third kappa shape index (κ3) is 2.85. The average molecular weight is 283 g/mol. The molecule has 1 unspecified atom stereocenters. The molecule has 0 saturated heterocycles. The van der Waals surface area contributed by atoms with E-state index in [2.05, 4.69) is 24.1 Å². The Kier molecular flexibility index (Phi) is 4.01. The summed E-state index contributed by atoms with van der Waals surface area (Å²) in [6.07, 6.45) is 2.50. The normalized spacial score (nSPS) is 13.1. The van der Waals surface area contributed by atoms with Crippen molar-refractivity contribution in [2.75, 3.05) is 11.9 Å². The number of hydrogen-bond donors (Lipinski definition) is 2. The molecule has 8 heteroatoms. The van der Waals surface area contributed by atoms with Gasteiger partial charge in [-0.25, -0.2) is 0 Å². The Balaban J connectivity index is 2.30. The fourth-order valence-corrected chi connectivity index (χ4v) is 2.73. The molecule has 2 aromatic heterocycles. The molecular weight excluding hydrogens is 266 g/mol. The van der Waals surface area contributed by atoms with Crippen LogP contribution in [0, 0.1) is 16.0 Å². The maximum absolute atomic E-state index is 11.2. The van der Waals surface area contributed by atoms with Gasteiger partial charge in [-0.1, -0.05) is 25.2 Å². The largest absolute Gasteiger partial charge is 0.372 e. The molecule has 1 atom stereocenters. The summed E-state index contributed by atoms with van der Waals surface area (Å²) >= 11 is 1.36. The van der Waals surface area contributed by atoms with E-state index in [1.807, 2.05) is 0 Å². The zero-order chi connectivity index (χ0) is 14.0. The molecule has 0 aliphatic carbocycles. The quantitative estimate of drug-likeness (QED) is 0.624. The molecule has 0 aliphatic rings. The van der Waals surface area contributed by atoms with Crippen LogP contribution in [0.3, 0.4) is 0 Å². The van der Waals surface area contributed by atoms with Gasteiger partial charge in [0.25, 0.3) is 4.96 Å². The molecule has 2 heterocycles. The molecule has 0 spiro atoms. The number of hydrogen-bond acceptors (Lipinski definition) is 6. The van der Waals surface area contributed by atoms with Gasteiger partial charge in [-0.05, 0) is 17.3 Å². The van der Waals surface area contributed by atoms with Crippen LogP contribution in [0.2, 0.25) is 0 Å². The van der Waals surface area contributed by atoms with Crippen molar-refractivity contribution in [3.63, 3.8) is 0 Å². The molecule has 7 nitrogen and oxygen atoms in total. The lowest BCUT2D eigenvalue weighted by Crippen LogP contribution is -2.30. The van der Waals surface area contributed by atoms with Crippen LogP contribution in [-0.4, -0.2) is 26.9 Å². The first kappa shape index (κ1) is 13.8. The first-order valence-electron chi connectivity index (χ1n) is 6.09. The van der Waals surface area contributed by atoms with Gasteiger partial charge in [0.1, 0.15) is 6.20 Å². The molecule has 0 bridgehead atoms. The van der Waals surface area contributed by atoms with E-state index in [-0.39, 0.29) is 11.9 Å². The van der Waals surface area contributed by atoms with Gasteiger partial charge < -0.3 is 21.2 Å². The lowest BCUT2D eigenvalue weighted by molar-refractivity contribution is -0.389. The van der Waals surface area contributed by atoms with Gasteiger partial charge in [0, 0.05) is 18.0 Å². The molecule has 2 aromatic rings. The van der Waals surface area contributed by atoms with Crippen molar-refractivity contribution in [1.82, 2.24) is 9.38 Å². The van der Waals surface area contributed by atoms with Gasteiger partial charge in [0.2, 0.25) is 5.82 Å². The maximum Gasteiger partial charge on any atom is 0.372 e. The highest BCUT2D eigenvalue weighted by molar-refractivity contribution is 7.15. The second kappa shape index (κ2) is 5.54. The molecule has 19 heavy (non-hydrogen) atoms. The minimum atomic E-state index is -0.419. The third-order valence-electron chi connectivity index (χ3n) is 2.79. The molecule has 0 saturated carbocycles. The summed E-state index contributed by atoms with van der Waals surface area (Å²) < 4.78 is 1.48. The second-order valence-electron chi connectivity index (χ2n) is 4.80. The first-order valence-corrected chi connectivity index (χ1v) is 6.97. The Morgan fingerprint density at radius 3 is 2.95 bits per heavy atom. The standard InChI is InChI=1S/C11H17N5O2S/c1-7(2)5-8(6-12)13-9-10(16(17)18)15-3-4-19-11(15)14-9/h3-4,7-8,13H,5-6,12H2,1-2H3. The van der Waals surface area contributed by atoms with Crippen molar-refractivity contribution in [3.05, 3.63) is 21.7 Å². The van der Waals surface area contributed by atoms with Crippen LogP contribution in [0.4, 0.5) is 11.6 Å². The van der Waals surface area contributed by atoms with E-state index < -0.39 is 4.92 Å². The molecule has 0 aromatic carbocycles. The van der Waals surface area contributed by atoms with E-state index in [1.165, 1.54) is 15.7 Å². The number of fused-ring (bicyclic) bond motifs is 1. The van der Waals surface area contributed by atoms with Crippen molar-refractivity contribution < 1.29 is 4.92 Å². The number of anilines is 1. The summed E-state index contributed by atoms with van der Waals surface area (Å²) in [5.74, 6) is 0.732. The number of nitrogens with zero attached hydrogens (tertiary/aromatic N) is 3. The van der Waals surface area contributed by atoms with Crippen molar-refractivity contribution >= 4 is 27.9 Å². The lowest BCUT2D eigenvalue weighted by Gasteiger charge is -2.18. The Labute approximate surface area is 114 Å². The van der Waals surface area contributed by atoms with E-state index in [0.717, 1.165) is 6.42 Å². The van der Waals surface area contributed by atoms with Gasteiger partial charge >= 0.3 is 5.82 Å². The monoisotopic (exact) mass is 283 g/mol. The van der Waals surface area contributed by atoms with E-state index in [4.69, 9.17) is 5.73 Å². The highest BCUT2D eigenvalue weighted by Gasteiger charge is 2.25. The van der Waals surface area contributed by atoms with E-state index in [9.17, 15) is 10.1 Å². The SMILES string of the molecule is CC(C)CC(CN)Nc1nc2sccn2c1[N+](=O)[O-]. The van der Waals surface area contributed by atoms with Gasteiger partial charge in [-0.3, -0.25) is 0 Å². The highest BCUT2D eigenvalue weighted by atomic mass is 32.1. The predicted octanol–water partition coefficient (Wildman–Crippen LogP) is 2.09. The fraction of sp³-hybridized carbons (Fsp3) is 0.545. The first-order chi connectivity index (χ1) is 9.02. The molecule has 0 fully saturated rings. The van der Waals surface area contributed by atoms with E-state index >= 15 is 0 Å². The summed E-state index contributed by atoms with van der Waals surface area (Å²) in [6.45, 7) is 4.59. The van der Waals surface area contributed by atoms with Crippen molar-refractivity contribution in [2.24, 2.45) is 11.7 Å². The van der Waals surface area contributed by atoms with Crippen LogP contribution in [0.25, 0.3) is 4.96 Å². The molecule has 0 aliphatic heterocycles. The predicted molar refractivity (Wildman–Crippen MR) is 75.6 cm³/mol. The average Bonchev–Trinajstić information content (AvgIpc) is 2.86. The van der Waals surface area contributed by atoms with Crippen LogP contribution >= 0.6 is 11.3 Å². The van der Waals surface area contributed by atoms with Crippen LogP contribution in [0.5, 0.6) is 0 Å². The number of nitrogens with one attached hydrogen (secondary N) is 1. The summed E-state index contributed by atoms with van der Waals surface area (Å²) in [4.78, 5) is 15.6. The highest BCUT2D eigenvalue weighted by Crippen LogP contribution is 2.28. The Bertz CT molecular complexity index is 577. The Morgan fingerprint density at radius 1 is 1.63 bits per heavy atom. The van der Waals surface area contributed by atoms with Gasteiger partial charge in [-0.2, -0.15) is 9.38 Å². The number of nitrogens with two attached hydrogens (primary N) is 1. The van der Waals surface area contributed by atoms with Crippen molar-refractivity contribution in [2.45, 2.75) is 26.3 Å². The van der Waals surface area contributed by atoms with E-state index in [0.29, 0.717) is 23.2 Å². The Hall–Kier alpha value is -1.67. The number of nitro groups is 1. The molecule has 0 radical (unpaired) electrons. The number of thiazole rings is 1. The van der Waals surface area contributed by atoms with Crippen LogP contribution in [0.15, 0.2) is 11.6 Å². The van der Waals surface area contributed by atoms with E-state index in [1.54, 1.807) is 11.6 Å². The van der Waals surface area contributed by atoms with Crippen molar-refractivity contribution in [3.8, 4) is 0 Å². The zero-order valence-electron chi connectivity index (χ0n) is 10.9. The summed E-state index contributed by atoms with van der Waals surface area (Å²) in [5, 5.41) is 16.0. The summed E-state index contributed by atoms with van der Waals surface area (Å²) in [6, 6.07) is -0.0108. The molecule has 104 valence electrons. The van der Waals surface area contributed by atoms with Gasteiger partial charge in [-0.15, -0.1) is 0 Å². The van der Waals surface area contributed by atoms with Gasteiger partial charge in [0.05, 0.1) is 0 Å². The number of aromatic nitrogens is 2. The lowest BCUT2D eigenvalue weighted by atomic mass is 10.0. The third-order valence-corrected chi connectivity index (χ3v) is 3.55.